The van der Waals surface area contributed by atoms with E-state index in [2.05, 4.69) is 15.5 Å². The average molecular weight is 237 g/mol. The van der Waals surface area contributed by atoms with E-state index in [1.807, 2.05) is 0 Å². The molecule has 2 rings (SSSR count). The van der Waals surface area contributed by atoms with Gasteiger partial charge in [-0.05, 0) is 34.3 Å². The summed E-state index contributed by atoms with van der Waals surface area (Å²) in [6.07, 6.45) is 0. The van der Waals surface area contributed by atoms with E-state index >= 15 is 0 Å². The van der Waals surface area contributed by atoms with E-state index in [9.17, 15) is 10.1 Å². The molecular formula is C8H7N5O2S. The molecule has 7 nitrogen and oxygen atoms in total. The Morgan fingerprint density at radius 3 is 2.56 bits per heavy atom. The Morgan fingerprint density at radius 2 is 2.06 bits per heavy atom. The number of tetrazole rings is 1. The third-order valence-electron chi connectivity index (χ3n) is 1.84. The molecule has 8 heteroatoms. The maximum atomic E-state index is 10.4. The second-order valence-corrected chi connectivity index (χ2v) is 3.98. The van der Waals surface area contributed by atoms with Gasteiger partial charge in [-0.1, -0.05) is 0 Å². The molecule has 0 spiro atoms. The molecular weight excluding hydrogens is 230 g/mol. The second kappa shape index (κ2) is 4.27. The van der Waals surface area contributed by atoms with E-state index in [-0.39, 0.29) is 5.69 Å². The Bertz CT molecular complexity index is 509. The predicted molar refractivity (Wildman–Crippen MR) is 56.0 cm³/mol. The molecule has 0 atom stereocenters. The Kier molecular flexibility index (Phi) is 2.82. The maximum Gasteiger partial charge on any atom is 0.269 e. The van der Waals surface area contributed by atoms with Crippen molar-refractivity contribution in [2.75, 3.05) is 0 Å². The van der Waals surface area contributed by atoms with Gasteiger partial charge < -0.3 is 0 Å². The van der Waals surface area contributed by atoms with Crippen molar-refractivity contribution < 1.29 is 4.92 Å². The molecule has 0 bridgehead atoms. The molecule has 0 amide bonds. The van der Waals surface area contributed by atoms with Gasteiger partial charge in [0.1, 0.15) is 0 Å². The van der Waals surface area contributed by atoms with Crippen molar-refractivity contribution in [3.8, 4) is 0 Å². The Morgan fingerprint density at radius 1 is 1.38 bits per heavy atom. The van der Waals surface area contributed by atoms with Gasteiger partial charge in [-0.25, -0.2) is 4.68 Å². The first-order chi connectivity index (χ1) is 7.66. The molecule has 1 heterocycles. The van der Waals surface area contributed by atoms with Gasteiger partial charge in [0.2, 0.25) is 5.16 Å². The van der Waals surface area contributed by atoms with E-state index in [0.29, 0.717) is 5.16 Å². The Balaban J connectivity index is 2.17. The molecule has 1 aromatic heterocycles. The number of hydrogen-bond donors (Lipinski definition) is 0. The van der Waals surface area contributed by atoms with Crippen LogP contribution in [0.3, 0.4) is 0 Å². The second-order valence-electron chi connectivity index (χ2n) is 2.94. The fourth-order valence-corrected chi connectivity index (χ4v) is 1.78. The number of rotatable bonds is 3. The molecule has 0 aliphatic rings. The zero-order valence-corrected chi connectivity index (χ0v) is 9.09. The molecule has 1 aromatic carbocycles. The van der Waals surface area contributed by atoms with Crippen molar-refractivity contribution in [2.24, 2.45) is 7.05 Å². The number of aryl methyl sites for hydroxylation is 1. The first-order valence-corrected chi connectivity index (χ1v) is 5.13. The zero-order valence-electron chi connectivity index (χ0n) is 8.27. The third kappa shape index (κ3) is 2.16. The van der Waals surface area contributed by atoms with E-state index < -0.39 is 4.92 Å². The van der Waals surface area contributed by atoms with Crippen LogP contribution in [0.2, 0.25) is 0 Å². The van der Waals surface area contributed by atoms with Gasteiger partial charge in [0.05, 0.1) is 4.92 Å². The lowest BCUT2D eigenvalue weighted by Gasteiger charge is -1.98. The normalized spacial score (nSPS) is 10.3. The fraction of sp³-hybridized carbons (Fsp3) is 0.125. The number of non-ortho nitro benzene ring substituents is 1. The van der Waals surface area contributed by atoms with Crippen molar-refractivity contribution in [1.82, 2.24) is 20.2 Å². The van der Waals surface area contributed by atoms with Crippen molar-refractivity contribution in [2.45, 2.75) is 10.1 Å². The largest absolute Gasteiger partial charge is 0.269 e. The van der Waals surface area contributed by atoms with E-state index in [1.54, 1.807) is 19.2 Å². The monoisotopic (exact) mass is 237 g/mol. The summed E-state index contributed by atoms with van der Waals surface area (Å²) >= 11 is 1.35. The molecule has 0 unspecified atom stereocenters. The smallest absolute Gasteiger partial charge is 0.258 e. The summed E-state index contributed by atoms with van der Waals surface area (Å²) in [7, 11) is 1.73. The van der Waals surface area contributed by atoms with Crippen molar-refractivity contribution >= 4 is 17.4 Å². The molecule has 2 aromatic rings. The van der Waals surface area contributed by atoms with Crippen LogP contribution in [0.4, 0.5) is 5.69 Å². The lowest BCUT2D eigenvalue weighted by atomic mass is 10.3. The molecule has 0 saturated carbocycles. The van der Waals surface area contributed by atoms with Gasteiger partial charge in [0, 0.05) is 24.1 Å². The number of nitrogens with zero attached hydrogens (tertiary/aromatic N) is 5. The summed E-state index contributed by atoms with van der Waals surface area (Å²) < 4.78 is 1.53. The van der Waals surface area contributed by atoms with E-state index in [4.69, 9.17) is 0 Å². The van der Waals surface area contributed by atoms with E-state index in [1.165, 1.54) is 28.6 Å². The SMILES string of the molecule is Cn1nnnc1Sc1ccc([N+](=O)[O-])cc1. The van der Waals surface area contributed by atoms with Crippen molar-refractivity contribution in [1.29, 1.82) is 0 Å². The van der Waals surface area contributed by atoms with Gasteiger partial charge in [-0.3, -0.25) is 10.1 Å². The maximum absolute atomic E-state index is 10.4. The standard InChI is InChI=1S/C8H7N5O2S/c1-12-8(9-10-11-12)16-7-4-2-6(3-5-7)13(14)15/h2-5H,1H3. The van der Waals surface area contributed by atoms with Crippen LogP contribution in [0.1, 0.15) is 0 Å². The molecule has 0 radical (unpaired) electrons. The van der Waals surface area contributed by atoms with Gasteiger partial charge >= 0.3 is 0 Å². The molecule has 0 aliphatic carbocycles. The number of nitro groups is 1. The molecule has 0 N–H and O–H groups in total. The highest BCUT2D eigenvalue weighted by Gasteiger charge is 2.07. The number of benzene rings is 1. The number of nitro benzene ring substituents is 1. The van der Waals surface area contributed by atoms with Crippen LogP contribution in [-0.4, -0.2) is 25.1 Å². The molecule has 16 heavy (non-hydrogen) atoms. The quantitative estimate of drug-likeness (QED) is 0.590. The van der Waals surface area contributed by atoms with Crippen LogP contribution in [0, 0.1) is 10.1 Å². The Hall–Kier alpha value is -1.96. The summed E-state index contributed by atoms with van der Waals surface area (Å²) in [6.45, 7) is 0. The first-order valence-electron chi connectivity index (χ1n) is 4.31. The highest BCUT2D eigenvalue weighted by molar-refractivity contribution is 7.99. The summed E-state index contributed by atoms with van der Waals surface area (Å²) in [4.78, 5) is 10.9. The topological polar surface area (TPSA) is 86.7 Å². The number of aromatic nitrogens is 4. The van der Waals surface area contributed by atoms with Crippen LogP contribution in [0.15, 0.2) is 34.3 Å². The predicted octanol–water partition coefficient (Wildman–Crippen LogP) is 1.27. The highest BCUT2D eigenvalue weighted by Crippen LogP contribution is 2.26. The summed E-state index contributed by atoms with van der Waals surface area (Å²) in [5.74, 6) is 0. The first kappa shape index (κ1) is 10.6. The van der Waals surface area contributed by atoms with E-state index in [0.717, 1.165) is 4.90 Å². The van der Waals surface area contributed by atoms with Crippen molar-refractivity contribution in [3.63, 3.8) is 0 Å². The highest BCUT2D eigenvalue weighted by atomic mass is 32.2. The van der Waals surface area contributed by atoms with Crippen LogP contribution in [0.5, 0.6) is 0 Å². The van der Waals surface area contributed by atoms with Crippen LogP contribution in [0.25, 0.3) is 0 Å². The van der Waals surface area contributed by atoms with Gasteiger partial charge in [-0.15, -0.1) is 5.10 Å². The number of hydrogen-bond acceptors (Lipinski definition) is 6. The van der Waals surface area contributed by atoms with Crippen LogP contribution in [-0.2, 0) is 7.05 Å². The molecule has 82 valence electrons. The van der Waals surface area contributed by atoms with Crippen LogP contribution < -0.4 is 0 Å². The molecule has 0 saturated heterocycles. The summed E-state index contributed by atoms with van der Waals surface area (Å²) in [5.41, 5.74) is 0.0699. The van der Waals surface area contributed by atoms with Gasteiger partial charge in [-0.2, -0.15) is 0 Å². The molecule has 0 aliphatic heterocycles. The lowest BCUT2D eigenvalue weighted by Crippen LogP contribution is -1.92. The summed E-state index contributed by atoms with van der Waals surface area (Å²) in [6, 6.07) is 6.23. The van der Waals surface area contributed by atoms with Crippen molar-refractivity contribution in [3.05, 3.63) is 34.4 Å². The Labute approximate surface area is 94.6 Å². The average Bonchev–Trinajstić information content (AvgIpc) is 2.65. The van der Waals surface area contributed by atoms with Gasteiger partial charge in [0.25, 0.3) is 5.69 Å². The van der Waals surface area contributed by atoms with Gasteiger partial charge in [0.15, 0.2) is 0 Å². The van der Waals surface area contributed by atoms with Crippen LogP contribution >= 0.6 is 11.8 Å². The minimum absolute atomic E-state index is 0.0699. The zero-order chi connectivity index (χ0) is 11.5. The molecule has 0 fully saturated rings. The third-order valence-corrected chi connectivity index (χ3v) is 2.87. The minimum atomic E-state index is -0.432. The fourth-order valence-electron chi connectivity index (χ4n) is 1.05. The lowest BCUT2D eigenvalue weighted by molar-refractivity contribution is -0.384. The summed E-state index contributed by atoms with van der Waals surface area (Å²) in [5, 5.41) is 22.1. The minimum Gasteiger partial charge on any atom is -0.258 e.